The number of ether oxygens (including phenoxy) is 1. The smallest absolute Gasteiger partial charge is 0.323 e. The topological polar surface area (TPSA) is 66.8 Å². The van der Waals surface area contributed by atoms with Crippen LogP contribution in [0.25, 0.3) is 6.08 Å². The SMILES string of the molecule is COCCN(CC(=O)O)C(=O)C=Cc1ccc(Cl)cc1. The monoisotopic (exact) mass is 297 g/mol. The standard InChI is InChI=1S/C14H16ClNO4/c1-20-9-8-16(10-14(18)19)13(17)7-4-11-2-5-12(15)6-3-11/h2-7H,8-10H2,1H3,(H,18,19). The molecule has 1 aromatic rings. The molecule has 0 saturated heterocycles. The number of halogens is 1. The van der Waals surface area contributed by atoms with E-state index < -0.39 is 5.97 Å². The van der Waals surface area contributed by atoms with Crippen LogP contribution < -0.4 is 0 Å². The number of hydrogen-bond acceptors (Lipinski definition) is 3. The Labute approximate surface area is 122 Å². The van der Waals surface area contributed by atoms with Crippen molar-refractivity contribution in [3.05, 3.63) is 40.9 Å². The van der Waals surface area contributed by atoms with Gasteiger partial charge in [0.05, 0.1) is 6.61 Å². The van der Waals surface area contributed by atoms with Gasteiger partial charge in [0.2, 0.25) is 5.91 Å². The van der Waals surface area contributed by atoms with Gasteiger partial charge in [-0.1, -0.05) is 23.7 Å². The summed E-state index contributed by atoms with van der Waals surface area (Å²) in [6.45, 7) is 0.160. The van der Waals surface area contributed by atoms with Crippen LogP contribution in [0.5, 0.6) is 0 Å². The molecule has 0 aliphatic carbocycles. The van der Waals surface area contributed by atoms with Crippen LogP contribution >= 0.6 is 11.6 Å². The van der Waals surface area contributed by atoms with E-state index >= 15 is 0 Å². The van der Waals surface area contributed by atoms with Crippen molar-refractivity contribution in [3.8, 4) is 0 Å². The first kappa shape index (κ1) is 16.2. The molecule has 6 heteroatoms. The van der Waals surface area contributed by atoms with E-state index in [1.807, 2.05) is 0 Å². The van der Waals surface area contributed by atoms with E-state index in [1.165, 1.54) is 18.1 Å². The second kappa shape index (κ2) is 8.35. The van der Waals surface area contributed by atoms with E-state index in [0.717, 1.165) is 5.56 Å². The number of amides is 1. The number of rotatable bonds is 7. The number of carbonyl (C=O) groups is 2. The van der Waals surface area contributed by atoms with Crippen molar-refractivity contribution in [2.45, 2.75) is 0 Å². The van der Waals surface area contributed by atoms with Gasteiger partial charge >= 0.3 is 5.97 Å². The molecule has 0 spiro atoms. The summed E-state index contributed by atoms with van der Waals surface area (Å²) >= 11 is 5.76. The maximum absolute atomic E-state index is 11.9. The minimum Gasteiger partial charge on any atom is -0.480 e. The highest BCUT2D eigenvalue weighted by molar-refractivity contribution is 6.30. The lowest BCUT2D eigenvalue weighted by atomic mass is 10.2. The molecule has 1 amide bonds. The Kier molecular flexibility index (Phi) is 6.76. The second-order valence-corrected chi connectivity index (χ2v) is 4.47. The summed E-state index contributed by atoms with van der Waals surface area (Å²) in [6.07, 6.45) is 2.95. The molecule has 5 nitrogen and oxygen atoms in total. The fourth-order valence-corrected chi connectivity index (χ4v) is 1.60. The normalized spacial score (nSPS) is 10.7. The van der Waals surface area contributed by atoms with Crippen LogP contribution in [0.3, 0.4) is 0 Å². The maximum Gasteiger partial charge on any atom is 0.323 e. The Bertz CT molecular complexity index is 484. The van der Waals surface area contributed by atoms with E-state index in [4.69, 9.17) is 21.4 Å². The van der Waals surface area contributed by atoms with Gasteiger partial charge < -0.3 is 14.7 Å². The molecule has 0 heterocycles. The van der Waals surface area contributed by atoms with Crippen molar-refractivity contribution in [2.75, 3.05) is 26.8 Å². The number of nitrogens with zero attached hydrogens (tertiary/aromatic N) is 1. The Balaban J connectivity index is 2.68. The highest BCUT2D eigenvalue weighted by Crippen LogP contribution is 2.10. The lowest BCUT2D eigenvalue weighted by Gasteiger charge is -2.18. The van der Waals surface area contributed by atoms with Crippen molar-refractivity contribution in [1.82, 2.24) is 4.90 Å². The molecule has 0 atom stereocenters. The van der Waals surface area contributed by atoms with Gasteiger partial charge in [-0.15, -0.1) is 0 Å². The summed E-state index contributed by atoms with van der Waals surface area (Å²) in [4.78, 5) is 23.8. The molecular formula is C14H16ClNO4. The Morgan fingerprint density at radius 3 is 2.55 bits per heavy atom. The van der Waals surface area contributed by atoms with Crippen LogP contribution in [0.2, 0.25) is 5.02 Å². The molecule has 0 unspecified atom stereocenters. The molecule has 0 aromatic heterocycles. The quantitative estimate of drug-likeness (QED) is 0.781. The van der Waals surface area contributed by atoms with Gasteiger partial charge in [-0.05, 0) is 23.8 Å². The van der Waals surface area contributed by atoms with Crippen molar-refractivity contribution in [3.63, 3.8) is 0 Å². The molecule has 108 valence electrons. The van der Waals surface area contributed by atoms with Crippen molar-refractivity contribution in [1.29, 1.82) is 0 Å². The van der Waals surface area contributed by atoms with Crippen molar-refractivity contribution >= 4 is 29.6 Å². The number of aliphatic carboxylic acids is 1. The first-order chi connectivity index (χ1) is 9.52. The molecule has 1 rings (SSSR count). The predicted molar refractivity (Wildman–Crippen MR) is 76.6 cm³/mol. The fraction of sp³-hybridized carbons (Fsp3) is 0.286. The van der Waals surface area contributed by atoms with E-state index in [2.05, 4.69) is 0 Å². The van der Waals surface area contributed by atoms with Crippen LogP contribution in [0.1, 0.15) is 5.56 Å². The molecule has 0 radical (unpaired) electrons. The number of carboxylic acids is 1. The van der Waals surface area contributed by atoms with Crippen LogP contribution in [0.4, 0.5) is 0 Å². The predicted octanol–water partition coefficient (Wildman–Crippen LogP) is 1.91. The van der Waals surface area contributed by atoms with Gasteiger partial charge in [0, 0.05) is 24.8 Å². The summed E-state index contributed by atoms with van der Waals surface area (Å²) in [6, 6.07) is 6.96. The minimum atomic E-state index is -1.06. The number of benzene rings is 1. The molecule has 1 aromatic carbocycles. The Morgan fingerprint density at radius 1 is 1.35 bits per heavy atom. The molecule has 0 fully saturated rings. The number of carboxylic acid groups (broad SMARTS) is 1. The summed E-state index contributed by atoms with van der Waals surface area (Å²) < 4.78 is 4.85. The summed E-state index contributed by atoms with van der Waals surface area (Å²) in [7, 11) is 1.49. The zero-order valence-electron chi connectivity index (χ0n) is 11.1. The number of carbonyl (C=O) groups excluding carboxylic acids is 1. The Morgan fingerprint density at radius 2 is 2.00 bits per heavy atom. The maximum atomic E-state index is 11.9. The highest BCUT2D eigenvalue weighted by Gasteiger charge is 2.13. The van der Waals surface area contributed by atoms with E-state index in [9.17, 15) is 9.59 Å². The van der Waals surface area contributed by atoms with Gasteiger partial charge in [0.25, 0.3) is 0 Å². The summed E-state index contributed by atoms with van der Waals surface area (Å²) in [5, 5.41) is 9.39. The van der Waals surface area contributed by atoms with Gasteiger partial charge in [-0.3, -0.25) is 9.59 Å². The zero-order chi connectivity index (χ0) is 15.0. The molecular weight excluding hydrogens is 282 g/mol. The molecule has 0 aliphatic rings. The Hall–Kier alpha value is -1.85. The van der Waals surface area contributed by atoms with Crippen molar-refractivity contribution in [2.24, 2.45) is 0 Å². The van der Waals surface area contributed by atoms with E-state index in [0.29, 0.717) is 5.02 Å². The van der Waals surface area contributed by atoms with E-state index in [-0.39, 0.29) is 25.6 Å². The van der Waals surface area contributed by atoms with Crippen LogP contribution in [-0.4, -0.2) is 48.7 Å². The lowest BCUT2D eigenvalue weighted by molar-refractivity contribution is -0.143. The third-order valence-electron chi connectivity index (χ3n) is 2.49. The van der Waals surface area contributed by atoms with Gasteiger partial charge in [-0.2, -0.15) is 0 Å². The molecule has 0 aliphatic heterocycles. The highest BCUT2D eigenvalue weighted by atomic mass is 35.5. The van der Waals surface area contributed by atoms with Gasteiger partial charge in [0.15, 0.2) is 0 Å². The first-order valence-corrected chi connectivity index (χ1v) is 6.34. The number of hydrogen-bond donors (Lipinski definition) is 1. The van der Waals surface area contributed by atoms with Crippen LogP contribution in [0, 0.1) is 0 Å². The average Bonchev–Trinajstić information content (AvgIpc) is 2.42. The third-order valence-corrected chi connectivity index (χ3v) is 2.74. The average molecular weight is 298 g/mol. The molecule has 1 N–H and O–H groups in total. The largest absolute Gasteiger partial charge is 0.480 e. The van der Waals surface area contributed by atoms with Gasteiger partial charge in [0.1, 0.15) is 6.54 Å². The van der Waals surface area contributed by atoms with E-state index in [1.54, 1.807) is 30.3 Å². The molecule has 20 heavy (non-hydrogen) atoms. The summed E-state index contributed by atoms with van der Waals surface area (Å²) in [5.41, 5.74) is 0.810. The molecule has 0 bridgehead atoms. The van der Waals surface area contributed by atoms with Gasteiger partial charge in [-0.25, -0.2) is 0 Å². The lowest BCUT2D eigenvalue weighted by Crippen LogP contribution is -2.36. The summed E-state index contributed by atoms with van der Waals surface area (Å²) in [5.74, 6) is -1.44. The minimum absolute atomic E-state index is 0.229. The molecule has 0 saturated carbocycles. The van der Waals surface area contributed by atoms with Crippen LogP contribution in [-0.2, 0) is 14.3 Å². The van der Waals surface area contributed by atoms with Crippen molar-refractivity contribution < 1.29 is 19.4 Å². The second-order valence-electron chi connectivity index (χ2n) is 4.03. The zero-order valence-corrected chi connectivity index (χ0v) is 11.8. The fourth-order valence-electron chi connectivity index (χ4n) is 1.48. The first-order valence-electron chi connectivity index (χ1n) is 5.96. The number of methoxy groups -OCH3 is 1. The van der Waals surface area contributed by atoms with Crippen LogP contribution in [0.15, 0.2) is 30.3 Å². The third kappa shape index (κ3) is 5.86.